The topological polar surface area (TPSA) is 83.9 Å². The number of thioether (sulfide) groups is 1. The van der Waals surface area contributed by atoms with Gasteiger partial charge in [-0.1, -0.05) is 42.1 Å². The van der Waals surface area contributed by atoms with E-state index in [2.05, 4.69) is 15.3 Å². The summed E-state index contributed by atoms with van der Waals surface area (Å²) >= 11 is 1.29. The Hall–Kier alpha value is -3.65. The third-order valence-corrected chi connectivity index (χ3v) is 5.95. The lowest BCUT2D eigenvalue weighted by Gasteiger charge is -2.16. The lowest BCUT2D eigenvalue weighted by Crippen LogP contribution is -2.33. The number of carbonyl (C=O) groups excluding carboxylic acids is 2. The molecular formula is C24H22N4O3S. The number of carbonyl (C=O) groups is 2. The molecule has 2 amide bonds. The van der Waals surface area contributed by atoms with Crippen molar-refractivity contribution in [2.24, 2.45) is 4.99 Å². The Labute approximate surface area is 190 Å². The van der Waals surface area contributed by atoms with Crippen LogP contribution < -0.4 is 10.1 Å². The molecule has 7 nitrogen and oxygen atoms in total. The van der Waals surface area contributed by atoms with Crippen molar-refractivity contribution >= 4 is 40.1 Å². The maximum atomic E-state index is 13.2. The van der Waals surface area contributed by atoms with Crippen molar-refractivity contribution in [2.75, 3.05) is 12.4 Å². The average molecular weight is 447 g/mol. The lowest BCUT2D eigenvalue weighted by molar-refractivity contribution is -0.128. The molecule has 8 heteroatoms. The largest absolute Gasteiger partial charge is 0.497 e. The monoisotopic (exact) mass is 446 g/mol. The van der Waals surface area contributed by atoms with Gasteiger partial charge in [0.05, 0.1) is 25.0 Å². The summed E-state index contributed by atoms with van der Waals surface area (Å²) in [7, 11) is 1.59. The van der Waals surface area contributed by atoms with Gasteiger partial charge in [-0.2, -0.15) is 0 Å². The van der Waals surface area contributed by atoms with Crippen molar-refractivity contribution in [1.29, 1.82) is 0 Å². The van der Waals surface area contributed by atoms with Gasteiger partial charge in [0, 0.05) is 24.4 Å². The number of para-hydroxylation sites is 1. The van der Waals surface area contributed by atoms with Gasteiger partial charge in [0.1, 0.15) is 11.0 Å². The lowest BCUT2D eigenvalue weighted by atomic mass is 10.2. The van der Waals surface area contributed by atoms with Crippen LogP contribution in [-0.2, 0) is 16.1 Å². The zero-order valence-electron chi connectivity index (χ0n) is 17.5. The van der Waals surface area contributed by atoms with Crippen LogP contribution in [0.1, 0.15) is 12.1 Å². The molecular weight excluding hydrogens is 424 g/mol. The number of methoxy groups -OCH3 is 1. The minimum Gasteiger partial charge on any atom is -0.497 e. The molecule has 0 radical (unpaired) electrons. The molecule has 2 heterocycles. The summed E-state index contributed by atoms with van der Waals surface area (Å²) in [5.74, 6) is 0.296. The molecule has 0 spiro atoms. The molecule has 0 unspecified atom stereocenters. The van der Waals surface area contributed by atoms with E-state index >= 15 is 0 Å². The molecule has 0 saturated carbocycles. The number of ether oxygens (including phenoxy) is 1. The number of rotatable bonds is 7. The van der Waals surface area contributed by atoms with Crippen LogP contribution in [0.25, 0.3) is 0 Å². The van der Waals surface area contributed by atoms with Crippen LogP contribution >= 0.6 is 11.8 Å². The first-order valence-electron chi connectivity index (χ1n) is 10.1. The fraction of sp³-hybridized carbons (Fsp3) is 0.167. The van der Waals surface area contributed by atoms with Gasteiger partial charge in [-0.3, -0.25) is 19.5 Å². The van der Waals surface area contributed by atoms with E-state index in [1.807, 2.05) is 66.7 Å². The van der Waals surface area contributed by atoms with E-state index in [-0.39, 0.29) is 24.8 Å². The number of hydrogen-bond acceptors (Lipinski definition) is 6. The van der Waals surface area contributed by atoms with Crippen molar-refractivity contribution in [3.63, 3.8) is 0 Å². The van der Waals surface area contributed by atoms with Gasteiger partial charge in [0.25, 0.3) is 0 Å². The number of anilines is 1. The quantitative estimate of drug-likeness (QED) is 0.587. The highest BCUT2D eigenvalue weighted by atomic mass is 32.2. The number of nitrogens with zero attached hydrogens (tertiary/aromatic N) is 3. The number of nitrogens with one attached hydrogen (secondary N) is 1. The van der Waals surface area contributed by atoms with Gasteiger partial charge in [-0.25, -0.2) is 4.99 Å². The van der Waals surface area contributed by atoms with E-state index in [4.69, 9.17) is 4.74 Å². The molecule has 162 valence electrons. The summed E-state index contributed by atoms with van der Waals surface area (Å²) in [5.41, 5.74) is 2.11. The molecule has 32 heavy (non-hydrogen) atoms. The van der Waals surface area contributed by atoms with Gasteiger partial charge >= 0.3 is 0 Å². The number of amidine groups is 1. The Kier molecular flexibility index (Phi) is 6.81. The highest BCUT2D eigenvalue weighted by Gasteiger charge is 2.39. The number of pyridine rings is 1. The highest BCUT2D eigenvalue weighted by Crippen LogP contribution is 2.33. The average Bonchev–Trinajstić information content (AvgIpc) is 3.09. The first-order chi connectivity index (χ1) is 15.6. The van der Waals surface area contributed by atoms with Gasteiger partial charge in [0.15, 0.2) is 5.17 Å². The maximum Gasteiger partial charge on any atom is 0.243 e. The molecule has 2 aromatic carbocycles. The predicted octanol–water partition coefficient (Wildman–Crippen LogP) is 4.25. The summed E-state index contributed by atoms with van der Waals surface area (Å²) in [5, 5.41) is 2.81. The summed E-state index contributed by atoms with van der Waals surface area (Å²) in [6, 6.07) is 22.1. The first kappa shape index (κ1) is 21.6. The third-order valence-electron chi connectivity index (χ3n) is 4.77. The Morgan fingerprint density at radius 1 is 1.12 bits per heavy atom. The number of amides is 2. The van der Waals surface area contributed by atoms with E-state index in [0.717, 1.165) is 5.69 Å². The molecule has 1 fully saturated rings. The first-order valence-corrected chi connectivity index (χ1v) is 11.0. The second-order valence-corrected chi connectivity index (χ2v) is 8.24. The zero-order chi connectivity index (χ0) is 22.3. The molecule has 3 aromatic rings. The zero-order valence-corrected chi connectivity index (χ0v) is 18.3. The minimum atomic E-state index is -0.563. The fourth-order valence-corrected chi connectivity index (χ4v) is 4.37. The van der Waals surface area contributed by atoms with Gasteiger partial charge in [-0.05, 0) is 36.4 Å². The van der Waals surface area contributed by atoms with E-state index in [0.29, 0.717) is 22.3 Å². The molecule has 1 saturated heterocycles. The standard InChI is InChI=1S/C24H22N4O3S/c1-31-20-12-7-11-18(14-20)27-24-28(16-19-10-5-6-13-25-19)23(30)21(32-24)15-22(29)26-17-8-3-2-4-9-17/h2-14,21H,15-16H2,1H3,(H,26,29)/t21-/m0/s1. The molecule has 1 aliphatic heterocycles. The van der Waals surface area contributed by atoms with Crippen LogP contribution in [0.5, 0.6) is 5.75 Å². The Balaban J connectivity index is 1.56. The second kappa shape index (κ2) is 10.1. The van der Waals surface area contributed by atoms with Gasteiger partial charge in [-0.15, -0.1) is 0 Å². The molecule has 1 aromatic heterocycles. The number of aliphatic imine (C=N–C) groups is 1. The van der Waals surface area contributed by atoms with Crippen LogP contribution in [0, 0.1) is 0 Å². The third kappa shape index (κ3) is 5.33. The van der Waals surface area contributed by atoms with Crippen LogP contribution in [-0.4, -0.2) is 39.2 Å². The normalized spacial score (nSPS) is 16.9. The van der Waals surface area contributed by atoms with Crippen LogP contribution in [0.4, 0.5) is 11.4 Å². The Morgan fingerprint density at radius 3 is 2.69 bits per heavy atom. The molecule has 1 aliphatic rings. The van der Waals surface area contributed by atoms with E-state index < -0.39 is 5.25 Å². The second-order valence-electron chi connectivity index (χ2n) is 7.07. The van der Waals surface area contributed by atoms with Crippen molar-refractivity contribution in [3.05, 3.63) is 84.7 Å². The molecule has 4 rings (SSSR count). The minimum absolute atomic E-state index is 0.0498. The van der Waals surface area contributed by atoms with Crippen molar-refractivity contribution < 1.29 is 14.3 Å². The SMILES string of the molecule is COc1cccc(N=C2S[C@@H](CC(=O)Nc3ccccc3)C(=O)N2Cc2ccccn2)c1. The Bertz CT molecular complexity index is 1120. The molecule has 0 bridgehead atoms. The van der Waals surface area contributed by atoms with Crippen molar-refractivity contribution in [2.45, 2.75) is 18.2 Å². The van der Waals surface area contributed by atoms with Gasteiger partial charge < -0.3 is 10.1 Å². The molecule has 1 N–H and O–H groups in total. The number of hydrogen-bond donors (Lipinski definition) is 1. The van der Waals surface area contributed by atoms with Crippen molar-refractivity contribution in [1.82, 2.24) is 9.88 Å². The summed E-state index contributed by atoms with van der Waals surface area (Å²) in [6.45, 7) is 0.284. The smallest absolute Gasteiger partial charge is 0.243 e. The van der Waals surface area contributed by atoms with Crippen LogP contribution in [0.2, 0.25) is 0 Å². The van der Waals surface area contributed by atoms with Crippen LogP contribution in [0.3, 0.4) is 0 Å². The van der Waals surface area contributed by atoms with Crippen molar-refractivity contribution in [3.8, 4) is 5.75 Å². The highest BCUT2D eigenvalue weighted by molar-refractivity contribution is 8.15. The van der Waals surface area contributed by atoms with E-state index in [9.17, 15) is 9.59 Å². The predicted molar refractivity (Wildman–Crippen MR) is 126 cm³/mol. The van der Waals surface area contributed by atoms with Crippen LogP contribution in [0.15, 0.2) is 84.0 Å². The molecule has 1 atom stereocenters. The van der Waals surface area contributed by atoms with E-state index in [1.54, 1.807) is 24.3 Å². The summed E-state index contributed by atoms with van der Waals surface area (Å²) < 4.78 is 5.27. The number of aromatic nitrogens is 1. The maximum absolute atomic E-state index is 13.2. The van der Waals surface area contributed by atoms with E-state index in [1.165, 1.54) is 11.8 Å². The van der Waals surface area contributed by atoms with Gasteiger partial charge in [0.2, 0.25) is 11.8 Å². The fourth-order valence-electron chi connectivity index (χ4n) is 3.22. The summed E-state index contributed by atoms with van der Waals surface area (Å²) in [6.07, 6.45) is 1.74. The molecule has 0 aliphatic carbocycles. The Morgan fingerprint density at radius 2 is 1.94 bits per heavy atom. The summed E-state index contributed by atoms with van der Waals surface area (Å²) in [4.78, 5) is 36.4. The number of benzene rings is 2.